The molecule has 1 aromatic heterocycles. The van der Waals surface area contributed by atoms with E-state index in [1.165, 1.54) is 44.0 Å². The molecule has 1 heterocycles. The lowest BCUT2D eigenvalue weighted by molar-refractivity contribution is -0.274. The van der Waals surface area contributed by atoms with E-state index in [2.05, 4.69) is 14.4 Å². The van der Waals surface area contributed by atoms with Gasteiger partial charge in [-0.2, -0.15) is 0 Å². The van der Waals surface area contributed by atoms with Crippen molar-refractivity contribution in [3.63, 3.8) is 0 Å². The van der Waals surface area contributed by atoms with Crippen molar-refractivity contribution in [2.75, 3.05) is 7.11 Å². The second-order valence-electron chi connectivity index (χ2n) is 3.75. The Morgan fingerprint density at radius 2 is 2.10 bits per heavy atom. The van der Waals surface area contributed by atoms with E-state index in [4.69, 9.17) is 4.74 Å². The topological polar surface area (TPSA) is 44.5 Å². The van der Waals surface area contributed by atoms with Crippen LogP contribution in [0.25, 0.3) is 17.2 Å². The summed E-state index contributed by atoms with van der Waals surface area (Å²) in [6.07, 6.45) is 0.798. The fraction of sp³-hybridized carbons (Fsp3) is 0.154. The Balaban J connectivity index is 2.44. The van der Waals surface area contributed by atoms with Crippen LogP contribution < -0.4 is 4.74 Å². The molecule has 4 nitrogen and oxygen atoms in total. The van der Waals surface area contributed by atoms with Gasteiger partial charge in [0.2, 0.25) is 0 Å². The number of nitrogens with zero attached hydrogens (tertiary/aromatic N) is 1. The van der Waals surface area contributed by atoms with Crippen molar-refractivity contribution in [1.82, 2.24) is 5.16 Å². The van der Waals surface area contributed by atoms with Crippen LogP contribution in [-0.2, 0) is 4.74 Å². The van der Waals surface area contributed by atoms with Gasteiger partial charge in [-0.05, 0) is 23.8 Å². The number of aromatic nitrogens is 1. The van der Waals surface area contributed by atoms with Crippen molar-refractivity contribution in [1.29, 1.82) is 0 Å². The van der Waals surface area contributed by atoms with E-state index >= 15 is 0 Å². The van der Waals surface area contributed by atoms with Crippen molar-refractivity contribution < 1.29 is 27.2 Å². The lowest BCUT2D eigenvalue weighted by Crippen LogP contribution is -2.17. The predicted octanol–water partition coefficient (Wildman–Crippen LogP) is 3.86. The van der Waals surface area contributed by atoms with Crippen molar-refractivity contribution in [2.45, 2.75) is 6.36 Å². The van der Waals surface area contributed by atoms with Crippen LogP contribution in [0, 0.1) is 0 Å². The molecule has 0 fully saturated rings. The normalized spacial score (nSPS) is 11.8. The van der Waals surface area contributed by atoms with Gasteiger partial charge in [0.1, 0.15) is 12.0 Å². The van der Waals surface area contributed by atoms with Gasteiger partial charge in [0.15, 0.2) is 0 Å². The number of benzene rings is 1. The summed E-state index contributed by atoms with van der Waals surface area (Å²) in [5.41, 5.74) is 1.26. The molecule has 0 bridgehead atoms. The zero-order chi connectivity index (χ0) is 14.6. The largest absolute Gasteiger partial charge is 0.573 e. The van der Waals surface area contributed by atoms with E-state index in [1.807, 2.05) is 0 Å². The molecule has 20 heavy (non-hydrogen) atoms. The first-order chi connectivity index (χ1) is 9.49. The fourth-order valence-corrected chi connectivity index (χ4v) is 1.58. The van der Waals surface area contributed by atoms with Gasteiger partial charge in [-0.3, -0.25) is 0 Å². The number of hydrogen-bond acceptors (Lipinski definition) is 4. The first-order valence-corrected chi connectivity index (χ1v) is 5.48. The Hall–Kier alpha value is -2.44. The van der Waals surface area contributed by atoms with Crippen LogP contribution in [-0.4, -0.2) is 18.6 Å². The SMILES string of the molecule is CO/C=C/c1ccc(OC(F)(F)F)c(-c2cnoc2)c1. The Bertz CT molecular complexity index is 591. The van der Waals surface area contributed by atoms with Gasteiger partial charge in [0, 0.05) is 11.1 Å². The van der Waals surface area contributed by atoms with Gasteiger partial charge >= 0.3 is 6.36 Å². The molecule has 0 unspecified atom stereocenters. The average molecular weight is 285 g/mol. The van der Waals surface area contributed by atoms with Gasteiger partial charge in [0.05, 0.1) is 19.6 Å². The summed E-state index contributed by atoms with van der Waals surface area (Å²) in [4.78, 5) is 0. The maximum Gasteiger partial charge on any atom is 0.573 e. The highest BCUT2D eigenvalue weighted by atomic mass is 19.4. The van der Waals surface area contributed by atoms with Crippen LogP contribution in [0.1, 0.15) is 5.56 Å². The zero-order valence-corrected chi connectivity index (χ0v) is 10.3. The highest BCUT2D eigenvalue weighted by Gasteiger charge is 2.32. The molecular formula is C13H10F3NO3. The minimum atomic E-state index is -4.77. The minimum absolute atomic E-state index is 0.224. The molecule has 2 aromatic rings. The number of hydrogen-bond donors (Lipinski definition) is 0. The van der Waals surface area contributed by atoms with E-state index in [1.54, 1.807) is 6.08 Å². The quantitative estimate of drug-likeness (QED) is 0.800. The van der Waals surface area contributed by atoms with Gasteiger partial charge in [-0.25, -0.2) is 0 Å². The van der Waals surface area contributed by atoms with Crippen LogP contribution in [0.15, 0.2) is 41.4 Å². The van der Waals surface area contributed by atoms with Crippen molar-refractivity contribution in [2.24, 2.45) is 0 Å². The van der Waals surface area contributed by atoms with E-state index in [9.17, 15) is 13.2 Å². The van der Waals surface area contributed by atoms with E-state index in [0.29, 0.717) is 11.1 Å². The van der Waals surface area contributed by atoms with E-state index in [-0.39, 0.29) is 11.3 Å². The standard InChI is InChI=1S/C13H10F3NO3/c1-18-5-4-9-2-3-12(20-13(14,15)16)11(6-9)10-7-17-19-8-10/h2-8H,1H3/b5-4+. The molecule has 0 saturated heterocycles. The molecule has 2 rings (SSSR count). The molecule has 106 valence electrons. The molecular weight excluding hydrogens is 275 g/mol. The second kappa shape index (κ2) is 5.68. The molecule has 0 aliphatic rings. The molecule has 0 aliphatic carbocycles. The van der Waals surface area contributed by atoms with Crippen molar-refractivity contribution in [3.05, 3.63) is 42.5 Å². The Morgan fingerprint density at radius 3 is 2.70 bits per heavy atom. The summed E-state index contributed by atoms with van der Waals surface area (Å²) in [6, 6.07) is 4.22. The van der Waals surface area contributed by atoms with Crippen molar-refractivity contribution >= 4 is 6.08 Å². The summed E-state index contributed by atoms with van der Waals surface area (Å²) in [5, 5.41) is 3.47. The number of rotatable bonds is 4. The van der Waals surface area contributed by atoms with Crippen LogP contribution in [0.3, 0.4) is 0 Å². The summed E-state index contributed by atoms with van der Waals surface area (Å²) in [6.45, 7) is 0. The molecule has 0 spiro atoms. The highest BCUT2D eigenvalue weighted by Crippen LogP contribution is 2.34. The third kappa shape index (κ3) is 3.53. The lowest BCUT2D eigenvalue weighted by Gasteiger charge is -2.12. The summed E-state index contributed by atoms with van der Waals surface area (Å²) in [7, 11) is 1.47. The maximum atomic E-state index is 12.4. The molecule has 1 aromatic carbocycles. The molecule has 0 aliphatic heterocycles. The fourth-order valence-electron chi connectivity index (χ4n) is 1.58. The number of halogens is 3. The van der Waals surface area contributed by atoms with Gasteiger partial charge in [-0.1, -0.05) is 11.2 Å². The van der Waals surface area contributed by atoms with E-state index in [0.717, 1.165) is 0 Å². The smallest absolute Gasteiger partial charge is 0.504 e. The minimum Gasteiger partial charge on any atom is -0.504 e. The van der Waals surface area contributed by atoms with Crippen LogP contribution in [0.5, 0.6) is 5.75 Å². The molecule has 0 amide bonds. The highest BCUT2D eigenvalue weighted by molar-refractivity contribution is 5.72. The third-order valence-electron chi connectivity index (χ3n) is 2.37. The maximum absolute atomic E-state index is 12.4. The van der Waals surface area contributed by atoms with Gasteiger partial charge < -0.3 is 14.0 Å². The number of methoxy groups -OCH3 is 1. The molecule has 0 saturated carbocycles. The molecule has 7 heteroatoms. The van der Waals surface area contributed by atoms with Gasteiger partial charge in [0.25, 0.3) is 0 Å². The first kappa shape index (κ1) is 14.0. The van der Waals surface area contributed by atoms with E-state index < -0.39 is 6.36 Å². The summed E-state index contributed by atoms with van der Waals surface area (Å²) in [5.74, 6) is -0.324. The molecule has 0 atom stereocenters. The Morgan fingerprint density at radius 1 is 1.30 bits per heavy atom. The number of ether oxygens (including phenoxy) is 2. The molecule has 0 N–H and O–H groups in total. The van der Waals surface area contributed by atoms with Gasteiger partial charge in [-0.15, -0.1) is 13.2 Å². The van der Waals surface area contributed by atoms with Crippen molar-refractivity contribution in [3.8, 4) is 16.9 Å². The van der Waals surface area contributed by atoms with Crippen LogP contribution >= 0.6 is 0 Å². The Labute approximate surface area is 112 Å². The van der Waals surface area contributed by atoms with Crippen LogP contribution in [0.4, 0.5) is 13.2 Å². The monoisotopic (exact) mass is 285 g/mol. The summed E-state index contributed by atoms with van der Waals surface area (Å²) < 4.78 is 50.5. The summed E-state index contributed by atoms with van der Waals surface area (Å²) >= 11 is 0. The van der Waals surface area contributed by atoms with Crippen LogP contribution in [0.2, 0.25) is 0 Å². The second-order valence-corrected chi connectivity index (χ2v) is 3.75. The predicted molar refractivity (Wildman–Crippen MR) is 64.7 cm³/mol. The number of alkyl halides is 3. The zero-order valence-electron chi connectivity index (χ0n) is 10.3. The Kier molecular flexibility index (Phi) is 3.97. The average Bonchev–Trinajstić information content (AvgIpc) is 2.89. The molecule has 0 radical (unpaired) electrons. The third-order valence-corrected chi connectivity index (χ3v) is 2.37. The first-order valence-electron chi connectivity index (χ1n) is 5.48. The lowest BCUT2D eigenvalue weighted by atomic mass is 10.0.